The van der Waals surface area contributed by atoms with Gasteiger partial charge in [0, 0.05) is 35.6 Å². The number of aromatic nitrogens is 2. The standard InChI is InChI=1S/C20H21ClN2O4S/c1-24-7-9-26-18-11-16-17(12-19(18)27-10-8-25-2)22-13-23-20(16)28-15-5-3-14(21)4-6-15/h3-6,11-13H,7-10H2,1-2H3. The van der Waals surface area contributed by atoms with Crippen molar-refractivity contribution in [2.75, 3.05) is 40.6 Å². The lowest BCUT2D eigenvalue weighted by molar-refractivity contribution is 0.132. The lowest BCUT2D eigenvalue weighted by Gasteiger charge is -2.14. The van der Waals surface area contributed by atoms with E-state index in [1.807, 2.05) is 36.4 Å². The SMILES string of the molecule is COCCOc1cc2ncnc(Sc3ccc(Cl)cc3)c2cc1OCCOC. The minimum Gasteiger partial charge on any atom is -0.487 e. The van der Waals surface area contributed by atoms with Gasteiger partial charge in [0.2, 0.25) is 0 Å². The first-order valence-electron chi connectivity index (χ1n) is 8.67. The van der Waals surface area contributed by atoms with Gasteiger partial charge in [-0.2, -0.15) is 0 Å². The van der Waals surface area contributed by atoms with Crippen LogP contribution in [-0.4, -0.2) is 50.6 Å². The number of fused-ring (bicyclic) bond motifs is 1. The first kappa shape index (κ1) is 20.7. The van der Waals surface area contributed by atoms with Crippen molar-refractivity contribution in [3.05, 3.63) is 47.7 Å². The molecular formula is C20H21ClN2O4S. The number of nitrogens with zero attached hydrogens (tertiary/aromatic N) is 2. The Morgan fingerprint density at radius 3 is 2.14 bits per heavy atom. The van der Waals surface area contributed by atoms with Gasteiger partial charge in [-0.1, -0.05) is 23.4 Å². The molecule has 0 fully saturated rings. The van der Waals surface area contributed by atoms with Crippen LogP contribution in [0.5, 0.6) is 11.5 Å². The van der Waals surface area contributed by atoms with E-state index in [1.54, 1.807) is 20.5 Å². The van der Waals surface area contributed by atoms with E-state index in [9.17, 15) is 0 Å². The molecule has 0 aliphatic heterocycles. The van der Waals surface area contributed by atoms with Crippen LogP contribution in [0.3, 0.4) is 0 Å². The molecule has 0 saturated carbocycles. The van der Waals surface area contributed by atoms with Gasteiger partial charge in [0.25, 0.3) is 0 Å². The Bertz CT molecular complexity index is 909. The molecule has 0 atom stereocenters. The van der Waals surface area contributed by atoms with Gasteiger partial charge in [-0.3, -0.25) is 0 Å². The van der Waals surface area contributed by atoms with Crippen molar-refractivity contribution in [3.63, 3.8) is 0 Å². The number of rotatable bonds is 10. The Balaban J connectivity index is 1.94. The molecule has 0 unspecified atom stereocenters. The van der Waals surface area contributed by atoms with Crippen molar-refractivity contribution in [2.45, 2.75) is 9.92 Å². The molecule has 0 saturated heterocycles. The molecule has 28 heavy (non-hydrogen) atoms. The normalized spacial score (nSPS) is 11.0. The van der Waals surface area contributed by atoms with Crippen LogP contribution in [0.25, 0.3) is 10.9 Å². The fourth-order valence-corrected chi connectivity index (χ4v) is 3.43. The molecule has 2 aromatic carbocycles. The van der Waals surface area contributed by atoms with E-state index in [2.05, 4.69) is 9.97 Å². The number of ether oxygens (including phenoxy) is 4. The highest BCUT2D eigenvalue weighted by atomic mass is 35.5. The summed E-state index contributed by atoms with van der Waals surface area (Å²) in [5.74, 6) is 1.23. The number of hydrogen-bond donors (Lipinski definition) is 0. The highest BCUT2D eigenvalue weighted by Gasteiger charge is 2.13. The highest BCUT2D eigenvalue weighted by Crippen LogP contribution is 2.37. The smallest absolute Gasteiger partial charge is 0.163 e. The lowest BCUT2D eigenvalue weighted by Crippen LogP contribution is -2.08. The first-order valence-corrected chi connectivity index (χ1v) is 9.86. The van der Waals surface area contributed by atoms with Crippen LogP contribution in [0.2, 0.25) is 5.02 Å². The average Bonchev–Trinajstić information content (AvgIpc) is 2.70. The molecule has 1 heterocycles. The lowest BCUT2D eigenvalue weighted by atomic mass is 10.2. The van der Waals surface area contributed by atoms with E-state index >= 15 is 0 Å². The Hall–Kier alpha value is -2.06. The molecule has 0 N–H and O–H groups in total. The van der Waals surface area contributed by atoms with Crippen molar-refractivity contribution in [1.29, 1.82) is 0 Å². The summed E-state index contributed by atoms with van der Waals surface area (Å²) in [6, 6.07) is 11.4. The summed E-state index contributed by atoms with van der Waals surface area (Å²) in [6.45, 7) is 1.79. The van der Waals surface area contributed by atoms with Gasteiger partial charge in [0.15, 0.2) is 11.5 Å². The molecule has 8 heteroatoms. The predicted octanol–water partition coefficient (Wildman–Crippen LogP) is 4.48. The van der Waals surface area contributed by atoms with E-state index in [-0.39, 0.29) is 0 Å². The molecule has 1 aromatic heterocycles. The maximum Gasteiger partial charge on any atom is 0.163 e. The average molecular weight is 421 g/mol. The van der Waals surface area contributed by atoms with Crippen LogP contribution in [0, 0.1) is 0 Å². The van der Waals surface area contributed by atoms with Crippen molar-refractivity contribution in [2.24, 2.45) is 0 Å². The molecule has 0 spiro atoms. The molecule has 3 aromatic rings. The number of hydrogen-bond acceptors (Lipinski definition) is 7. The predicted molar refractivity (Wildman–Crippen MR) is 110 cm³/mol. The zero-order chi connectivity index (χ0) is 19.8. The van der Waals surface area contributed by atoms with E-state index < -0.39 is 0 Å². The zero-order valence-corrected chi connectivity index (χ0v) is 17.3. The Morgan fingerprint density at radius 1 is 0.857 bits per heavy atom. The summed E-state index contributed by atoms with van der Waals surface area (Å²) >= 11 is 7.52. The largest absolute Gasteiger partial charge is 0.487 e. The zero-order valence-electron chi connectivity index (χ0n) is 15.7. The Kier molecular flexibility index (Phi) is 7.73. The van der Waals surface area contributed by atoms with Gasteiger partial charge < -0.3 is 18.9 Å². The summed E-state index contributed by atoms with van der Waals surface area (Å²) < 4.78 is 21.8. The van der Waals surface area contributed by atoms with Crippen LogP contribution in [0.4, 0.5) is 0 Å². The third kappa shape index (κ3) is 5.48. The Morgan fingerprint density at radius 2 is 1.50 bits per heavy atom. The maximum absolute atomic E-state index is 5.98. The van der Waals surface area contributed by atoms with E-state index in [0.29, 0.717) is 42.9 Å². The quantitative estimate of drug-likeness (QED) is 0.354. The molecule has 0 bridgehead atoms. The molecule has 0 aliphatic carbocycles. The van der Waals surface area contributed by atoms with E-state index in [0.717, 1.165) is 20.8 Å². The highest BCUT2D eigenvalue weighted by molar-refractivity contribution is 7.99. The van der Waals surface area contributed by atoms with Gasteiger partial charge in [-0.15, -0.1) is 0 Å². The molecule has 6 nitrogen and oxygen atoms in total. The molecule has 3 rings (SSSR count). The van der Waals surface area contributed by atoms with Crippen LogP contribution < -0.4 is 9.47 Å². The second-order valence-corrected chi connectivity index (χ2v) is 7.23. The summed E-state index contributed by atoms with van der Waals surface area (Å²) in [5.41, 5.74) is 0.776. The summed E-state index contributed by atoms with van der Waals surface area (Å²) in [5, 5.41) is 2.41. The topological polar surface area (TPSA) is 62.7 Å². The maximum atomic E-state index is 5.98. The number of methoxy groups -OCH3 is 2. The number of halogens is 1. The van der Waals surface area contributed by atoms with Crippen molar-refractivity contribution >= 4 is 34.3 Å². The van der Waals surface area contributed by atoms with Crippen molar-refractivity contribution in [3.8, 4) is 11.5 Å². The Labute approximate surface area is 173 Å². The molecule has 0 amide bonds. The van der Waals surface area contributed by atoms with Gasteiger partial charge >= 0.3 is 0 Å². The summed E-state index contributed by atoms with van der Waals surface area (Å²) in [4.78, 5) is 9.87. The van der Waals surface area contributed by atoms with Crippen molar-refractivity contribution in [1.82, 2.24) is 9.97 Å². The minimum absolute atomic E-state index is 0.413. The monoisotopic (exact) mass is 420 g/mol. The van der Waals surface area contributed by atoms with Crippen LogP contribution in [0.1, 0.15) is 0 Å². The molecule has 0 radical (unpaired) electrons. The van der Waals surface area contributed by atoms with Crippen LogP contribution in [0.15, 0.2) is 52.6 Å². The number of benzene rings is 2. The fourth-order valence-electron chi connectivity index (χ4n) is 2.43. The first-order chi connectivity index (χ1) is 13.7. The molecule has 148 valence electrons. The van der Waals surface area contributed by atoms with Crippen LogP contribution >= 0.6 is 23.4 Å². The minimum atomic E-state index is 0.413. The van der Waals surface area contributed by atoms with Gasteiger partial charge in [-0.05, 0) is 30.3 Å². The fraction of sp³-hybridized carbons (Fsp3) is 0.300. The second-order valence-electron chi connectivity index (χ2n) is 5.73. The van der Waals surface area contributed by atoms with Gasteiger partial charge in [0.05, 0.1) is 18.7 Å². The molecule has 0 aliphatic rings. The van der Waals surface area contributed by atoms with Gasteiger partial charge in [-0.25, -0.2) is 9.97 Å². The third-order valence-corrected chi connectivity index (χ3v) is 5.06. The van der Waals surface area contributed by atoms with Crippen LogP contribution in [-0.2, 0) is 9.47 Å². The van der Waals surface area contributed by atoms with Gasteiger partial charge in [0.1, 0.15) is 24.6 Å². The van der Waals surface area contributed by atoms with E-state index in [4.69, 9.17) is 30.5 Å². The summed E-state index contributed by atoms with van der Waals surface area (Å²) in [6.07, 6.45) is 1.55. The van der Waals surface area contributed by atoms with E-state index in [1.165, 1.54) is 11.8 Å². The van der Waals surface area contributed by atoms with Crippen molar-refractivity contribution < 1.29 is 18.9 Å². The second kappa shape index (κ2) is 10.5. The third-order valence-electron chi connectivity index (χ3n) is 3.78. The summed E-state index contributed by atoms with van der Waals surface area (Å²) in [7, 11) is 3.27. The molecular weight excluding hydrogens is 400 g/mol.